The zero-order chi connectivity index (χ0) is 18.7. The zero-order valence-electron chi connectivity index (χ0n) is 14.8. The van der Waals surface area contributed by atoms with Crippen LogP contribution in [0.15, 0.2) is 36.4 Å². The zero-order valence-corrected chi connectivity index (χ0v) is 14.8. The van der Waals surface area contributed by atoms with Crippen LogP contribution in [0.5, 0.6) is 0 Å². The van der Waals surface area contributed by atoms with Gasteiger partial charge in [-0.2, -0.15) is 0 Å². The van der Waals surface area contributed by atoms with E-state index in [2.05, 4.69) is 15.2 Å². The van der Waals surface area contributed by atoms with Gasteiger partial charge in [0, 0.05) is 37.0 Å². The predicted octanol–water partition coefficient (Wildman–Crippen LogP) is 2.30. The standard InChI is InChI=1S/C19H25FN4O2/c1-13(14-2-4-15(20)5-3-14)22-18-11-16(10-17(21)23-18)24-8-6-19(26,12-25)7-9-24/h2-5,10-11,13,25-26H,6-9,12H2,1H3,(H3,21,22,23)/t13-/m0/s1. The highest BCUT2D eigenvalue weighted by molar-refractivity contribution is 5.61. The summed E-state index contributed by atoms with van der Waals surface area (Å²) in [7, 11) is 0. The van der Waals surface area contributed by atoms with Crippen LogP contribution in [-0.4, -0.2) is 40.5 Å². The van der Waals surface area contributed by atoms with Gasteiger partial charge in [0.1, 0.15) is 17.5 Å². The largest absolute Gasteiger partial charge is 0.393 e. The van der Waals surface area contributed by atoms with Crippen molar-refractivity contribution in [3.8, 4) is 0 Å². The minimum Gasteiger partial charge on any atom is -0.393 e. The van der Waals surface area contributed by atoms with Gasteiger partial charge in [0.2, 0.25) is 0 Å². The molecule has 3 rings (SSSR count). The molecule has 1 saturated heterocycles. The second kappa shape index (κ2) is 7.47. The monoisotopic (exact) mass is 360 g/mol. The van der Waals surface area contributed by atoms with Gasteiger partial charge in [-0.15, -0.1) is 0 Å². The van der Waals surface area contributed by atoms with Gasteiger partial charge >= 0.3 is 0 Å². The van der Waals surface area contributed by atoms with E-state index in [-0.39, 0.29) is 18.5 Å². The lowest BCUT2D eigenvalue weighted by atomic mass is 9.92. The third-order valence-electron chi connectivity index (χ3n) is 4.92. The van der Waals surface area contributed by atoms with Crippen LogP contribution in [-0.2, 0) is 0 Å². The molecule has 1 aromatic carbocycles. The number of anilines is 3. The second-order valence-corrected chi connectivity index (χ2v) is 6.92. The molecule has 26 heavy (non-hydrogen) atoms. The molecule has 2 heterocycles. The summed E-state index contributed by atoms with van der Waals surface area (Å²) in [6.07, 6.45) is 1.00. The van der Waals surface area contributed by atoms with Crippen molar-refractivity contribution in [2.24, 2.45) is 0 Å². The summed E-state index contributed by atoms with van der Waals surface area (Å²) in [4.78, 5) is 6.45. The van der Waals surface area contributed by atoms with Gasteiger partial charge in [-0.05, 0) is 37.5 Å². The predicted molar refractivity (Wildman–Crippen MR) is 101 cm³/mol. The molecular formula is C19H25FN4O2. The average molecular weight is 360 g/mol. The van der Waals surface area contributed by atoms with Crippen molar-refractivity contribution in [1.29, 1.82) is 0 Å². The number of nitrogens with two attached hydrogens (primary N) is 1. The molecule has 0 bridgehead atoms. The van der Waals surface area contributed by atoms with Crippen molar-refractivity contribution in [2.45, 2.75) is 31.4 Å². The number of benzene rings is 1. The van der Waals surface area contributed by atoms with E-state index >= 15 is 0 Å². The minimum absolute atomic E-state index is 0.0569. The Labute approximate surface area is 152 Å². The fourth-order valence-electron chi connectivity index (χ4n) is 3.19. The lowest BCUT2D eigenvalue weighted by Gasteiger charge is -2.38. The van der Waals surface area contributed by atoms with Crippen molar-refractivity contribution >= 4 is 17.3 Å². The Balaban J connectivity index is 1.72. The number of hydrogen-bond acceptors (Lipinski definition) is 6. The van der Waals surface area contributed by atoms with Crippen LogP contribution in [0, 0.1) is 5.82 Å². The lowest BCUT2D eigenvalue weighted by molar-refractivity contribution is -0.0325. The first kappa shape index (κ1) is 18.4. The maximum absolute atomic E-state index is 13.1. The summed E-state index contributed by atoms with van der Waals surface area (Å²) < 4.78 is 13.1. The van der Waals surface area contributed by atoms with Gasteiger partial charge in [0.15, 0.2) is 0 Å². The van der Waals surface area contributed by atoms with E-state index in [1.807, 2.05) is 13.0 Å². The maximum Gasteiger partial charge on any atom is 0.130 e. The summed E-state index contributed by atoms with van der Waals surface area (Å²) in [5.74, 6) is 0.775. The number of halogens is 1. The Morgan fingerprint density at radius 2 is 1.92 bits per heavy atom. The SMILES string of the molecule is C[C@H](Nc1cc(N2CCC(O)(CO)CC2)cc(N)n1)c1ccc(F)cc1. The lowest BCUT2D eigenvalue weighted by Crippen LogP contribution is -2.46. The molecule has 0 radical (unpaired) electrons. The average Bonchev–Trinajstić information content (AvgIpc) is 2.62. The van der Waals surface area contributed by atoms with Crippen molar-refractivity contribution < 1.29 is 14.6 Å². The van der Waals surface area contributed by atoms with E-state index in [0.717, 1.165) is 11.3 Å². The Morgan fingerprint density at radius 1 is 1.27 bits per heavy atom. The molecule has 2 aromatic rings. The van der Waals surface area contributed by atoms with Gasteiger partial charge in [-0.3, -0.25) is 0 Å². The van der Waals surface area contributed by atoms with Crippen LogP contribution in [0.1, 0.15) is 31.4 Å². The van der Waals surface area contributed by atoms with Gasteiger partial charge in [0.05, 0.1) is 12.2 Å². The van der Waals surface area contributed by atoms with Crippen LogP contribution in [0.3, 0.4) is 0 Å². The second-order valence-electron chi connectivity index (χ2n) is 6.92. The Morgan fingerprint density at radius 3 is 2.54 bits per heavy atom. The minimum atomic E-state index is -0.993. The molecule has 1 aliphatic heterocycles. The molecule has 0 spiro atoms. The summed E-state index contributed by atoms with van der Waals surface area (Å²) in [6, 6.07) is 10.0. The number of nitrogens with zero attached hydrogens (tertiary/aromatic N) is 2. The summed E-state index contributed by atoms with van der Waals surface area (Å²) in [5.41, 5.74) is 6.84. The molecule has 5 N–H and O–H groups in total. The number of rotatable bonds is 5. The summed E-state index contributed by atoms with van der Waals surface area (Å²) in [6.45, 7) is 3.02. The maximum atomic E-state index is 13.1. The van der Waals surface area contributed by atoms with Crippen LogP contribution in [0.25, 0.3) is 0 Å². The number of nitrogen functional groups attached to an aromatic ring is 1. The highest BCUT2D eigenvalue weighted by atomic mass is 19.1. The number of hydrogen-bond donors (Lipinski definition) is 4. The summed E-state index contributed by atoms with van der Waals surface area (Å²) in [5, 5.41) is 22.7. The van der Waals surface area contributed by atoms with E-state index in [1.54, 1.807) is 18.2 Å². The fraction of sp³-hybridized carbons (Fsp3) is 0.421. The number of aliphatic hydroxyl groups excluding tert-OH is 1. The molecule has 0 unspecified atom stereocenters. The third-order valence-corrected chi connectivity index (χ3v) is 4.92. The molecule has 1 fully saturated rings. The first-order chi connectivity index (χ1) is 12.4. The molecule has 6 nitrogen and oxygen atoms in total. The molecule has 0 aliphatic carbocycles. The van der Waals surface area contributed by atoms with Crippen molar-refractivity contribution in [3.63, 3.8) is 0 Å². The molecule has 1 aromatic heterocycles. The van der Waals surface area contributed by atoms with Crippen LogP contribution in [0.4, 0.5) is 21.7 Å². The number of piperidine rings is 1. The van der Waals surface area contributed by atoms with Crippen LogP contribution in [0.2, 0.25) is 0 Å². The molecule has 7 heteroatoms. The van der Waals surface area contributed by atoms with Gasteiger partial charge < -0.3 is 26.2 Å². The topological polar surface area (TPSA) is 94.6 Å². The van der Waals surface area contributed by atoms with Gasteiger partial charge in [-0.25, -0.2) is 9.37 Å². The van der Waals surface area contributed by atoms with E-state index in [1.165, 1.54) is 12.1 Å². The van der Waals surface area contributed by atoms with E-state index < -0.39 is 5.60 Å². The summed E-state index contributed by atoms with van der Waals surface area (Å²) >= 11 is 0. The third kappa shape index (κ3) is 4.23. The quantitative estimate of drug-likeness (QED) is 0.654. The van der Waals surface area contributed by atoms with Crippen LogP contribution >= 0.6 is 0 Å². The number of nitrogens with one attached hydrogen (secondary N) is 1. The highest BCUT2D eigenvalue weighted by Gasteiger charge is 2.31. The number of aliphatic hydroxyl groups is 2. The van der Waals surface area contributed by atoms with E-state index in [9.17, 15) is 14.6 Å². The Kier molecular flexibility index (Phi) is 5.29. The number of pyridine rings is 1. The number of aromatic nitrogens is 1. The van der Waals surface area contributed by atoms with Gasteiger partial charge in [-0.1, -0.05) is 12.1 Å². The first-order valence-electron chi connectivity index (χ1n) is 8.76. The van der Waals surface area contributed by atoms with Crippen molar-refractivity contribution in [2.75, 3.05) is 35.6 Å². The molecule has 1 atom stereocenters. The van der Waals surface area contributed by atoms with Crippen molar-refractivity contribution in [3.05, 3.63) is 47.8 Å². The van der Waals surface area contributed by atoms with Gasteiger partial charge in [0.25, 0.3) is 0 Å². The smallest absolute Gasteiger partial charge is 0.130 e. The molecule has 1 aliphatic rings. The molecule has 0 saturated carbocycles. The Bertz CT molecular complexity index is 746. The molecular weight excluding hydrogens is 335 g/mol. The van der Waals surface area contributed by atoms with E-state index in [4.69, 9.17) is 5.73 Å². The molecule has 0 amide bonds. The normalized spacial score (nSPS) is 17.8. The highest BCUT2D eigenvalue weighted by Crippen LogP contribution is 2.29. The molecule has 140 valence electrons. The van der Waals surface area contributed by atoms with E-state index in [0.29, 0.717) is 37.6 Å². The Hall–Kier alpha value is -2.38. The van der Waals surface area contributed by atoms with Crippen LogP contribution < -0.4 is 16.0 Å². The fourth-order valence-corrected chi connectivity index (χ4v) is 3.19. The van der Waals surface area contributed by atoms with Crippen molar-refractivity contribution in [1.82, 2.24) is 4.98 Å². The first-order valence-corrected chi connectivity index (χ1v) is 8.76.